The summed E-state index contributed by atoms with van der Waals surface area (Å²) in [5, 5.41) is 6.42. The third-order valence-corrected chi connectivity index (χ3v) is 4.84. The number of rotatable bonds is 4. The van der Waals surface area contributed by atoms with Crippen molar-refractivity contribution in [3.8, 4) is 0 Å². The van der Waals surface area contributed by atoms with Gasteiger partial charge in [0.15, 0.2) is 12.4 Å². The number of hydrogen-bond donors (Lipinski definition) is 1. The Morgan fingerprint density at radius 2 is 2.12 bits per heavy atom. The summed E-state index contributed by atoms with van der Waals surface area (Å²) in [5.74, 6) is -0.165. The summed E-state index contributed by atoms with van der Waals surface area (Å²) in [5.41, 5.74) is -0.991. The number of aryl methyl sites for hydroxylation is 1. The van der Waals surface area contributed by atoms with Crippen LogP contribution in [-0.2, 0) is 20.9 Å². The lowest BCUT2D eigenvalue weighted by molar-refractivity contribution is -0.150. The van der Waals surface area contributed by atoms with Crippen LogP contribution in [0, 0.1) is 18.3 Å². The van der Waals surface area contributed by atoms with E-state index >= 15 is 0 Å². The Labute approximate surface area is 151 Å². The number of urea groups is 1. The highest BCUT2D eigenvalue weighted by molar-refractivity contribution is 6.08. The van der Waals surface area contributed by atoms with E-state index in [1.165, 1.54) is 0 Å². The summed E-state index contributed by atoms with van der Waals surface area (Å²) in [4.78, 5) is 42.2. The van der Waals surface area contributed by atoms with Gasteiger partial charge in [-0.25, -0.2) is 4.79 Å². The van der Waals surface area contributed by atoms with Gasteiger partial charge in [-0.05, 0) is 37.5 Å². The molecule has 2 fully saturated rings. The molecule has 3 amide bonds. The number of hydrogen-bond acceptors (Lipinski definition) is 7. The molecule has 1 aromatic heterocycles. The lowest BCUT2D eigenvalue weighted by Gasteiger charge is -2.43. The fourth-order valence-electron chi connectivity index (χ4n) is 4.37. The molecule has 2 atom stereocenters. The largest absolute Gasteiger partial charge is 0.454 e. The van der Waals surface area contributed by atoms with Crippen molar-refractivity contribution in [3.63, 3.8) is 0 Å². The smallest absolute Gasteiger partial charge is 0.326 e. The fourth-order valence-corrected chi connectivity index (χ4v) is 4.37. The number of ether oxygens (including phenoxy) is 1. The molecule has 2 heterocycles. The molecule has 1 saturated heterocycles. The van der Waals surface area contributed by atoms with Crippen LogP contribution in [0.1, 0.15) is 51.7 Å². The maximum atomic E-state index is 12.9. The van der Waals surface area contributed by atoms with Gasteiger partial charge >= 0.3 is 12.0 Å². The molecule has 1 saturated carbocycles. The highest BCUT2D eigenvalue weighted by Crippen LogP contribution is 2.46. The number of carbonyl (C=O) groups excluding carboxylic acids is 3. The van der Waals surface area contributed by atoms with Gasteiger partial charge in [0.1, 0.15) is 12.1 Å². The number of aromatic nitrogens is 2. The molecule has 3 rings (SSSR count). The molecular weight excluding hydrogens is 340 g/mol. The highest BCUT2D eigenvalue weighted by Gasteiger charge is 2.56. The Morgan fingerprint density at radius 1 is 1.38 bits per heavy atom. The van der Waals surface area contributed by atoms with Crippen LogP contribution in [0.5, 0.6) is 0 Å². The third kappa shape index (κ3) is 3.56. The SMILES string of the molecule is Cc1noc(COC(=O)CN2C(=O)NC3(CC(C)CC(C)(C)C3)C2=O)n1. The highest BCUT2D eigenvalue weighted by atomic mass is 16.6. The van der Waals surface area contributed by atoms with E-state index in [0.29, 0.717) is 24.6 Å². The second kappa shape index (κ2) is 6.37. The lowest BCUT2D eigenvalue weighted by atomic mass is 9.64. The van der Waals surface area contributed by atoms with Crippen LogP contribution < -0.4 is 5.32 Å². The molecule has 1 N–H and O–H groups in total. The topological polar surface area (TPSA) is 115 Å². The summed E-state index contributed by atoms with van der Waals surface area (Å²) in [6.07, 6.45) is 2.12. The van der Waals surface area contributed by atoms with Gasteiger partial charge in [0.05, 0.1) is 0 Å². The second-order valence-corrected chi connectivity index (χ2v) is 8.15. The molecule has 142 valence electrons. The Morgan fingerprint density at radius 3 is 2.73 bits per heavy atom. The minimum Gasteiger partial charge on any atom is -0.454 e. The molecular formula is C17H24N4O5. The van der Waals surface area contributed by atoms with Gasteiger partial charge in [-0.1, -0.05) is 25.9 Å². The summed E-state index contributed by atoms with van der Waals surface area (Å²) < 4.78 is 9.88. The zero-order chi connectivity index (χ0) is 19.1. The van der Waals surface area contributed by atoms with Crippen molar-refractivity contribution >= 4 is 17.9 Å². The van der Waals surface area contributed by atoms with E-state index in [4.69, 9.17) is 9.26 Å². The van der Waals surface area contributed by atoms with E-state index in [2.05, 4.69) is 36.2 Å². The quantitative estimate of drug-likeness (QED) is 0.637. The summed E-state index contributed by atoms with van der Waals surface area (Å²) >= 11 is 0. The molecule has 0 aromatic carbocycles. The van der Waals surface area contributed by atoms with Gasteiger partial charge < -0.3 is 14.6 Å². The molecule has 0 radical (unpaired) electrons. The van der Waals surface area contributed by atoms with Gasteiger partial charge in [-0.2, -0.15) is 4.98 Å². The molecule has 1 spiro atoms. The summed E-state index contributed by atoms with van der Waals surface area (Å²) in [7, 11) is 0. The van der Waals surface area contributed by atoms with E-state index in [9.17, 15) is 14.4 Å². The Balaban J connectivity index is 1.64. The molecule has 0 bridgehead atoms. The molecule has 1 aliphatic carbocycles. The van der Waals surface area contributed by atoms with Crippen molar-refractivity contribution in [2.75, 3.05) is 6.54 Å². The van der Waals surface area contributed by atoms with Gasteiger partial charge in [0.25, 0.3) is 11.8 Å². The van der Waals surface area contributed by atoms with Crippen molar-refractivity contribution in [1.82, 2.24) is 20.4 Å². The summed E-state index contributed by atoms with van der Waals surface area (Å²) in [6.45, 7) is 7.27. The van der Waals surface area contributed by atoms with Gasteiger partial charge in [0.2, 0.25) is 0 Å². The molecule has 1 aromatic rings. The van der Waals surface area contributed by atoms with Gasteiger partial charge in [0, 0.05) is 0 Å². The van der Waals surface area contributed by atoms with E-state index in [1.54, 1.807) is 6.92 Å². The Kier molecular flexibility index (Phi) is 4.49. The van der Waals surface area contributed by atoms with Crippen LogP contribution in [0.15, 0.2) is 4.52 Å². The Hall–Kier alpha value is -2.45. The first-order valence-electron chi connectivity index (χ1n) is 8.69. The van der Waals surface area contributed by atoms with Crippen LogP contribution in [-0.4, -0.2) is 45.0 Å². The number of amides is 3. The molecule has 26 heavy (non-hydrogen) atoms. The second-order valence-electron chi connectivity index (χ2n) is 8.15. The Bertz CT molecular complexity index is 743. The van der Waals surface area contributed by atoms with Crippen LogP contribution in [0.3, 0.4) is 0 Å². The number of nitrogens with zero attached hydrogens (tertiary/aromatic N) is 3. The van der Waals surface area contributed by atoms with Crippen molar-refractivity contribution in [1.29, 1.82) is 0 Å². The van der Waals surface area contributed by atoms with Crippen molar-refractivity contribution in [2.24, 2.45) is 11.3 Å². The molecule has 1 aliphatic heterocycles. The maximum absolute atomic E-state index is 12.9. The fraction of sp³-hybridized carbons (Fsp3) is 0.706. The molecule has 2 aliphatic rings. The van der Waals surface area contributed by atoms with Crippen LogP contribution in [0.25, 0.3) is 0 Å². The van der Waals surface area contributed by atoms with Crippen molar-refractivity contribution in [2.45, 2.75) is 59.1 Å². The molecule has 9 nitrogen and oxygen atoms in total. The average molecular weight is 364 g/mol. The first-order valence-corrected chi connectivity index (χ1v) is 8.69. The van der Waals surface area contributed by atoms with Crippen LogP contribution >= 0.6 is 0 Å². The molecule has 9 heteroatoms. The predicted octanol–water partition coefficient (Wildman–Crippen LogP) is 1.56. The van der Waals surface area contributed by atoms with E-state index in [-0.39, 0.29) is 23.8 Å². The third-order valence-electron chi connectivity index (χ3n) is 4.84. The number of carbonyl (C=O) groups is 3. The van der Waals surface area contributed by atoms with Gasteiger partial charge in [-0.15, -0.1) is 0 Å². The van der Waals surface area contributed by atoms with Crippen molar-refractivity contribution in [3.05, 3.63) is 11.7 Å². The number of nitrogens with one attached hydrogen (secondary N) is 1. The minimum atomic E-state index is -0.928. The number of esters is 1. The average Bonchev–Trinajstić information content (AvgIpc) is 3.00. The molecule has 2 unspecified atom stereocenters. The van der Waals surface area contributed by atoms with Crippen LogP contribution in [0.2, 0.25) is 0 Å². The predicted molar refractivity (Wildman–Crippen MR) is 88.6 cm³/mol. The lowest BCUT2D eigenvalue weighted by Crippen LogP contribution is -2.54. The first-order chi connectivity index (χ1) is 12.1. The van der Waals surface area contributed by atoms with E-state index in [0.717, 1.165) is 11.3 Å². The summed E-state index contributed by atoms with van der Waals surface area (Å²) in [6, 6.07) is -0.550. The van der Waals surface area contributed by atoms with E-state index < -0.39 is 24.1 Å². The number of imide groups is 1. The van der Waals surface area contributed by atoms with Crippen LogP contribution in [0.4, 0.5) is 4.79 Å². The zero-order valence-electron chi connectivity index (χ0n) is 15.5. The normalized spacial score (nSPS) is 27.7. The van der Waals surface area contributed by atoms with Gasteiger partial charge in [-0.3, -0.25) is 14.5 Å². The van der Waals surface area contributed by atoms with Crippen molar-refractivity contribution < 1.29 is 23.6 Å². The minimum absolute atomic E-state index is 0.0626. The zero-order valence-corrected chi connectivity index (χ0v) is 15.5. The first kappa shape index (κ1) is 18.3. The standard InChI is InChI=1S/C17H24N4O5/c1-10-5-16(3,4)9-17(6-10)14(23)21(15(24)19-17)7-13(22)25-8-12-18-11(2)20-26-12/h10H,5-9H2,1-4H3,(H,19,24). The monoisotopic (exact) mass is 364 g/mol. The van der Waals surface area contributed by atoms with E-state index in [1.807, 2.05) is 0 Å². The maximum Gasteiger partial charge on any atom is 0.326 e.